The van der Waals surface area contributed by atoms with Crippen molar-refractivity contribution in [3.63, 3.8) is 0 Å². The third-order valence-electron chi connectivity index (χ3n) is 3.91. The van der Waals surface area contributed by atoms with Crippen LogP contribution in [0.15, 0.2) is 53.6 Å². The van der Waals surface area contributed by atoms with Gasteiger partial charge in [-0.2, -0.15) is 5.10 Å². The molecule has 0 aliphatic rings. The fourth-order valence-corrected chi connectivity index (χ4v) is 2.25. The molecule has 5 nitrogen and oxygen atoms in total. The highest BCUT2D eigenvalue weighted by Gasteiger charge is 2.04. The minimum atomic E-state index is -0.250. The lowest BCUT2D eigenvalue weighted by atomic mass is 10.0. The molecule has 0 saturated carbocycles. The Morgan fingerprint density at radius 2 is 1.77 bits per heavy atom. The fraction of sp³-hybridized carbons (Fsp3) is 0.333. The van der Waals surface area contributed by atoms with Crippen molar-refractivity contribution in [1.29, 1.82) is 0 Å². The number of ether oxygens (including phenoxy) is 1. The highest BCUT2D eigenvalue weighted by Crippen LogP contribution is 2.14. The average Bonchev–Trinajstić information content (AvgIpc) is 2.62. The number of amides is 1. The van der Waals surface area contributed by atoms with Crippen molar-refractivity contribution >= 4 is 12.1 Å². The van der Waals surface area contributed by atoms with Crippen LogP contribution >= 0.6 is 0 Å². The number of nitrogens with one attached hydrogen (secondary N) is 1. The molecular weight excluding hydrogens is 326 g/mol. The first kappa shape index (κ1) is 19.7. The van der Waals surface area contributed by atoms with Gasteiger partial charge in [-0.25, -0.2) is 5.43 Å². The van der Waals surface area contributed by atoms with E-state index < -0.39 is 0 Å². The molecule has 0 aliphatic heterocycles. The van der Waals surface area contributed by atoms with Crippen LogP contribution < -0.4 is 10.2 Å². The van der Waals surface area contributed by atoms with Gasteiger partial charge in [-0.1, -0.05) is 38.1 Å². The predicted molar refractivity (Wildman–Crippen MR) is 106 cm³/mol. The van der Waals surface area contributed by atoms with Crippen LogP contribution in [0.2, 0.25) is 0 Å². The highest BCUT2D eigenvalue weighted by molar-refractivity contribution is 5.95. The van der Waals surface area contributed by atoms with Crippen LogP contribution in [-0.4, -0.2) is 44.3 Å². The summed E-state index contributed by atoms with van der Waals surface area (Å²) in [6.45, 7) is 5.76. The van der Waals surface area contributed by atoms with E-state index in [4.69, 9.17) is 4.74 Å². The summed E-state index contributed by atoms with van der Waals surface area (Å²) < 4.78 is 5.61. The summed E-state index contributed by atoms with van der Waals surface area (Å²) in [6.07, 6.45) is 1.64. The van der Waals surface area contributed by atoms with Gasteiger partial charge in [0.25, 0.3) is 5.91 Å². The minimum absolute atomic E-state index is 0.250. The largest absolute Gasteiger partial charge is 0.492 e. The smallest absolute Gasteiger partial charge is 0.271 e. The van der Waals surface area contributed by atoms with Crippen molar-refractivity contribution in [3.8, 4) is 5.75 Å². The second-order valence-corrected chi connectivity index (χ2v) is 6.70. The Morgan fingerprint density at radius 1 is 1.12 bits per heavy atom. The molecule has 0 spiro atoms. The molecule has 0 aliphatic carbocycles. The normalized spacial score (nSPS) is 11.3. The SMILES string of the molecule is CC(C)c1ccc(/C=N/NC(=O)c2ccc(OCCN(C)C)cc2)cc1. The van der Waals surface area contributed by atoms with Crippen molar-refractivity contribution in [1.82, 2.24) is 10.3 Å². The maximum Gasteiger partial charge on any atom is 0.271 e. The zero-order valence-corrected chi connectivity index (χ0v) is 15.9. The molecule has 0 heterocycles. The molecule has 0 saturated heterocycles. The third kappa shape index (κ3) is 6.33. The molecule has 0 unspecified atom stereocenters. The van der Waals surface area contributed by atoms with Crippen LogP contribution in [0.3, 0.4) is 0 Å². The minimum Gasteiger partial charge on any atom is -0.492 e. The van der Waals surface area contributed by atoms with Gasteiger partial charge in [-0.3, -0.25) is 4.79 Å². The number of likely N-dealkylation sites (N-methyl/N-ethyl adjacent to an activating group) is 1. The van der Waals surface area contributed by atoms with E-state index in [1.807, 2.05) is 26.2 Å². The Balaban J connectivity index is 1.85. The molecule has 1 N–H and O–H groups in total. The zero-order valence-electron chi connectivity index (χ0n) is 15.9. The van der Waals surface area contributed by atoms with E-state index in [0.29, 0.717) is 18.1 Å². The number of hydrogen-bond acceptors (Lipinski definition) is 4. The monoisotopic (exact) mass is 353 g/mol. The summed E-state index contributed by atoms with van der Waals surface area (Å²) in [5, 5.41) is 4.02. The highest BCUT2D eigenvalue weighted by atomic mass is 16.5. The molecule has 2 aromatic carbocycles. The molecule has 0 atom stereocenters. The summed E-state index contributed by atoms with van der Waals surface area (Å²) in [5.41, 5.74) is 5.31. The summed E-state index contributed by atoms with van der Waals surface area (Å²) in [6, 6.07) is 15.2. The van der Waals surface area contributed by atoms with Crippen molar-refractivity contribution in [2.75, 3.05) is 27.2 Å². The van der Waals surface area contributed by atoms with E-state index in [9.17, 15) is 4.79 Å². The number of hydrazone groups is 1. The molecule has 0 bridgehead atoms. The molecular formula is C21H27N3O2. The fourth-order valence-electron chi connectivity index (χ4n) is 2.25. The molecule has 26 heavy (non-hydrogen) atoms. The van der Waals surface area contributed by atoms with Gasteiger partial charge in [0, 0.05) is 12.1 Å². The van der Waals surface area contributed by atoms with E-state index >= 15 is 0 Å². The van der Waals surface area contributed by atoms with Crippen LogP contribution in [0, 0.1) is 0 Å². The lowest BCUT2D eigenvalue weighted by Gasteiger charge is -2.11. The van der Waals surface area contributed by atoms with E-state index in [0.717, 1.165) is 17.9 Å². The molecule has 0 aromatic heterocycles. The van der Waals surface area contributed by atoms with Gasteiger partial charge in [0.05, 0.1) is 6.21 Å². The molecule has 0 radical (unpaired) electrons. The number of nitrogens with zero attached hydrogens (tertiary/aromatic N) is 2. The topological polar surface area (TPSA) is 53.9 Å². The van der Waals surface area contributed by atoms with Crippen LogP contribution in [-0.2, 0) is 0 Å². The molecule has 5 heteroatoms. The van der Waals surface area contributed by atoms with Crippen molar-refractivity contribution < 1.29 is 9.53 Å². The first-order valence-corrected chi connectivity index (χ1v) is 8.76. The number of hydrogen-bond donors (Lipinski definition) is 1. The molecule has 1 amide bonds. The summed E-state index contributed by atoms with van der Waals surface area (Å²) in [7, 11) is 3.99. The first-order chi connectivity index (χ1) is 12.5. The first-order valence-electron chi connectivity index (χ1n) is 8.76. The van der Waals surface area contributed by atoms with E-state index in [-0.39, 0.29) is 5.91 Å². The Hall–Kier alpha value is -2.66. The quantitative estimate of drug-likeness (QED) is 0.584. The lowest BCUT2D eigenvalue weighted by molar-refractivity contribution is 0.0955. The molecule has 0 fully saturated rings. The molecule has 2 rings (SSSR count). The standard InChI is InChI=1S/C21H27N3O2/c1-16(2)18-7-5-17(6-8-18)15-22-23-21(25)19-9-11-20(12-10-19)26-14-13-24(3)4/h5-12,15-16H,13-14H2,1-4H3,(H,23,25)/b22-15+. The van der Waals surface area contributed by atoms with Gasteiger partial charge in [0.15, 0.2) is 0 Å². The van der Waals surface area contributed by atoms with Crippen LogP contribution in [0.1, 0.15) is 41.3 Å². The van der Waals surface area contributed by atoms with Gasteiger partial charge in [0.1, 0.15) is 12.4 Å². The predicted octanol–water partition coefficient (Wildman–Crippen LogP) is 3.51. The van der Waals surface area contributed by atoms with E-state index in [1.165, 1.54) is 5.56 Å². The number of carbonyl (C=O) groups is 1. The molecule has 138 valence electrons. The van der Waals surface area contributed by atoms with Crippen LogP contribution in [0.5, 0.6) is 5.75 Å². The van der Waals surface area contributed by atoms with Crippen molar-refractivity contribution in [2.24, 2.45) is 5.10 Å². The lowest BCUT2D eigenvalue weighted by Crippen LogP contribution is -2.19. The van der Waals surface area contributed by atoms with Crippen LogP contribution in [0.4, 0.5) is 0 Å². The molecule has 2 aromatic rings. The van der Waals surface area contributed by atoms with Crippen molar-refractivity contribution in [2.45, 2.75) is 19.8 Å². The second kappa shape index (κ2) is 9.73. The third-order valence-corrected chi connectivity index (χ3v) is 3.91. The number of carbonyl (C=O) groups excluding carboxylic acids is 1. The second-order valence-electron chi connectivity index (χ2n) is 6.70. The van der Waals surface area contributed by atoms with Gasteiger partial charge < -0.3 is 9.64 Å². The number of benzene rings is 2. The Morgan fingerprint density at radius 3 is 2.35 bits per heavy atom. The van der Waals surface area contributed by atoms with E-state index in [2.05, 4.69) is 41.4 Å². The summed E-state index contributed by atoms with van der Waals surface area (Å²) >= 11 is 0. The average molecular weight is 353 g/mol. The van der Waals surface area contributed by atoms with Gasteiger partial charge in [0.2, 0.25) is 0 Å². The maximum atomic E-state index is 12.1. The Bertz CT molecular complexity index is 720. The maximum absolute atomic E-state index is 12.1. The Labute approximate surface area is 155 Å². The van der Waals surface area contributed by atoms with E-state index in [1.54, 1.807) is 30.5 Å². The van der Waals surface area contributed by atoms with Crippen molar-refractivity contribution in [3.05, 3.63) is 65.2 Å². The van der Waals surface area contributed by atoms with Gasteiger partial charge >= 0.3 is 0 Å². The summed E-state index contributed by atoms with van der Waals surface area (Å²) in [5.74, 6) is 0.993. The summed E-state index contributed by atoms with van der Waals surface area (Å²) in [4.78, 5) is 14.2. The van der Waals surface area contributed by atoms with Gasteiger partial charge in [-0.15, -0.1) is 0 Å². The van der Waals surface area contributed by atoms with Gasteiger partial charge in [-0.05, 0) is 55.4 Å². The van der Waals surface area contributed by atoms with Crippen LogP contribution in [0.25, 0.3) is 0 Å². The number of rotatable bonds is 8. The Kier molecular flexibility index (Phi) is 7.36. The zero-order chi connectivity index (χ0) is 18.9.